The summed E-state index contributed by atoms with van der Waals surface area (Å²) in [5.41, 5.74) is 0. The summed E-state index contributed by atoms with van der Waals surface area (Å²) in [5.74, 6) is 1.28. The van der Waals surface area contributed by atoms with Crippen molar-refractivity contribution in [3.63, 3.8) is 0 Å². The van der Waals surface area contributed by atoms with E-state index in [1.54, 1.807) is 4.88 Å². The van der Waals surface area contributed by atoms with Crippen molar-refractivity contribution in [2.45, 2.75) is 76.5 Å². The lowest BCUT2D eigenvalue weighted by atomic mass is 10.0. The first kappa shape index (κ1) is 17.4. The van der Waals surface area contributed by atoms with Crippen LogP contribution in [0.2, 0.25) is 0 Å². The Morgan fingerprint density at radius 3 is 2.62 bits per heavy atom. The van der Waals surface area contributed by atoms with Crippen LogP contribution in [-0.4, -0.2) is 23.6 Å². The number of nitrogens with one attached hydrogen (secondary N) is 1. The van der Waals surface area contributed by atoms with Crippen LogP contribution in [0.25, 0.3) is 0 Å². The van der Waals surface area contributed by atoms with Crippen molar-refractivity contribution < 1.29 is 0 Å². The Morgan fingerprint density at radius 2 is 1.95 bits per heavy atom. The molecular weight excluding hydrogens is 294 g/mol. The number of hydrogen-bond acceptors (Lipinski definition) is 3. The Balaban J connectivity index is 1.81. The van der Waals surface area contributed by atoms with Gasteiger partial charge in [-0.3, -0.25) is 0 Å². The second kappa shape index (κ2) is 9.91. The van der Waals surface area contributed by atoms with Crippen molar-refractivity contribution in [1.29, 1.82) is 0 Å². The predicted octanol–water partition coefficient (Wildman–Crippen LogP) is 5.29. The normalized spacial score (nSPS) is 18.0. The van der Waals surface area contributed by atoms with Crippen molar-refractivity contribution in [2.75, 3.05) is 12.3 Å². The molecule has 1 heterocycles. The average molecular weight is 326 g/mol. The van der Waals surface area contributed by atoms with E-state index in [2.05, 4.69) is 43.1 Å². The van der Waals surface area contributed by atoms with Gasteiger partial charge in [0.25, 0.3) is 0 Å². The Hall–Kier alpha value is 0.01000. The topological polar surface area (TPSA) is 12.0 Å². The molecule has 2 rings (SSSR count). The van der Waals surface area contributed by atoms with Gasteiger partial charge in [0, 0.05) is 26.8 Å². The summed E-state index contributed by atoms with van der Waals surface area (Å²) in [6, 6.07) is 5.31. The Bertz CT molecular complexity index is 382. The summed E-state index contributed by atoms with van der Waals surface area (Å²) in [6.07, 6.45) is 10.9. The van der Waals surface area contributed by atoms with Gasteiger partial charge in [-0.15, -0.1) is 11.3 Å². The molecule has 0 aliphatic heterocycles. The molecule has 0 spiro atoms. The maximum Gasteiger partial charge on any atom is 0.0206 e. The van der Waals surface area contributed by atoms with E-state index in [0.29, 0.717) is 6.04 Å². The first-order chi connectivity index (χ1) is 10.3. The Labute approximate surface area is 139 Å². The fourth-order valence-corrected chi connectivity index (χ4v) is 5.43. The molecule has 1 fully saturated rings. The molecule has 1 atom stereocenters. The monoisotopic (exact) mass is 325 g/mol. The molecule has 120 valence electrons. The molecule has 0 saturated heterocycles. The molecule has 0 bridgehead atoms. The second-order valence-electron chi connectivity index (χ2n) is 6.17. The quantitative estimate of drug-likeness (QED) is 0.662. The molecule has 1 aromatic rings. The number of aryl methyl sites for hydroxylation is 1. The highest BCUT2D eigenvalue weighted by atomic mass is 32.2. The summed E-state index contributed by atoms with van der Waals surface area (Å²) < 4.78 is 0. The van der Waals surface area contributed by atoms with Crippen LogP contribution in [0.3, 0.4) is 0 Å². The number of rotatable bonds is 9. The minimum Gasteiger partial charge on any atom is -0.313 e. The second-order valence-corrected chi connectivity index (χ2v) is 8.76. The van der Waals surface area contributed by atoms with Crippen LogP contribution < -0.4 is 5.32 Å². The molecule has 21 heavy (non-hydrogen) atoms. The standard InChI is InChI=1S/C18H31NS2/c1-3-12-19-15(13-18-11-10-16(4-2)21-18)14-20-17-8-6-5-7-9-17/h10-11,15,17,19H,3-9,12-14H2,1-2H3. The Morgan fingerprint density at radius 1 is 1.19 bits per heavy atom. The predicted molar refractivity (Wildman–Crippen MR) is 98.8 cm³/mol. The highest BCUT2D eigenvalue weighted by molar-refractivity contribution is 7.99. The molecule has 0 radical (unpaired) electrons. The summed E-state index contributed by atoms with van der Waals surface area (Å²) in [7, 11) is 0. The van der Waals surface area contributed by atoms with E-state index >= 15 is 0 Å². The summed E-state index contributed by atoms with van der Waals surface area (Å²) in [6.45, 7) is 5.67. The highest BCUT2D eigenvalue weighted by Gasteiger charge is 2.17. The zero-order chi connectivity index (χ0) is 14.9. The molecule has 1 aromatic heterocycles. The van der Waals surface area contributed by atoms with Gasteiger partial charge in [-0.25, -0.2) is 0 Å². The number of thiophene rings is 1. The van der Waals surface area contributed by atoms with Crippen LogP contribution in [0.1, 0.15) is 62.1 Å². The van der Waals surface area contributed by atoms with Crippen LogP contribution in [0.15, 0.2) is 12.1 Å². The van der Waals surface area contributed by atoms with Crippen LogP contribution in [0, 0.1) is 0 Å². The average Bonchev–Trinajstić information content (AvgIpc) is 2.98. The van der Waals surface area contributed by atoms with E-state index in [0.717, 1.165) is 11.8 Å². The molecule has 1 aliphatic rings. The van der Waals surface area contributed by atoms with Crippen LogP contribution in [0.5, 0.6) is 0 Å². The third-order valence-electron chi connectivity index (χ3n) is 4.28. The van der Waals surface area contributed by atoms with Gasteiger partial charge in [0.1, 0.15) is 0 Å². The van der Waals surface area contributed by atoms with Gasteiger partial charge >= 0.3 is 0 Å². The van der Waals surface area contributed by atoms with Gasteiger partial charge in [-0.1, -0.05) is 33.1 Å². The van der Waals surface area contributed by atoms with Gasteiger partial charge in [0.15, 0.2) is 0 Å². The van der Waals surface area contributed by atoms with Crippen molar-refractivity contribution in [1.82, 2.24) is 5.32 Å². The molecule has 1 aliphatic carbocycles. The fourth-order valence-electron chi connectivity index (χ4n) is 2.99. The molecule has 0 amide bonds. The first-order valence-corrected chi connectivity index (χ1v) is 10.6. The SMILES string of the molecule is CCCNC(CSC1CCCCC1)Cc1ccc(CC)s1. The first-order valence-electron chi connectivity index (χ1n) is 8.74. The van der Waals surface area contributed by atoms with Gasteiger partial charge < -0.3 is 5.32 Å². The van der Waals surface area contributed by atoms with E-state index in [9.17, 15) is 0 Å². The molecule has 1 saturated carbocycles. The smallest absolute Gasteiger partial charge is 0.0206 e. The van der Waals surface area contributed by atoms with Crippen molar-refractivity contribution >= 4 is 23.1 Å². The van der Waals surface area contributed by atoms with Crippen LogP contribution in [-0.2, 0) is 12.8 Å². The lowest BCUT2D eigenvalue weighted by molar-refractivity contribution is 0.512. The highest BCUT2D eigenvalue weighted by Crippen LogP contribution is 2.29. The summed E-state index contributed by atoms with van der Waals surface area (Å²) in [5, 5.41) is 4.70. The summed E-state index contributed by atoms with van der Waals surface area (Å²) >= 11 is 4.24. The van der Waals surface area contributed by atoms with E-state index < -0.39 is 0 Å². The molecule has 1 unspecified atom stereocenters. The number of thioether (sulfide) groups is 1. The van der Waals surface area contributed by atoms with Gasteiger partial charge in [-0.05, 0) is 50.8 Å². The fraction of sp³-hybridized carbons (Fsp3) is 0.778. The maximum atomic E-state index is 3.77. The minimum atomic E-state index is 0.653. The lowest BCUT2D eigenvalue weighted by Gasteiger charge is -2.24. The van der Waals surface area contributed by atoms with E-state index in [1.165, 1.54) is 62.0 Å². The molecule has 3 heteroatoms. The van der Waals surface area contributed by atoms with E-state index in [-0.39, 0.29) is 0 Å². The molecule has 0 aromatic carbocycles. The van der Waals surface area contributed by atoms with E-state index in [1.807, 2.05) is 11.3 Å². The number of hydrogen-bond donors (Lipinski definition) is 1. The van der Waals surface area contributed by atoms with Crippen LogP contribution >= 0.6 is 23.1 Å². The molecule has 1 N–H and O–H groups in total. The lowest BCUT2D eigenvalue weighted by Crippen LogP contribution is -2.34. The van der Waals surface area contributed by atoms with Crippen molar-refractivity contribution in [3.8, 4) is 0 Å². The van der Waals surface area contributed by atoms with Crippen molar-refractivity contribution in [2.24, 2.45) is 0 Å². The molecular formula is C18H31NS2. The third-order valence-corrected chi connectivity index (χ3v) is 7.07. The van der Waals surface area contributed by atoms with Gasteiger partial charge in [-0.2, -0.15) is 11.8 Å². The van der Waals surface area contributed by atoms with Crippen molar-refractivity contribution in [3.05, 3.63) is 21.9 Å². The van der Waals surface area contributed by atoms with Gasteiger partial charge in [0.05, 0.1) is 0 Å². The zero-order valence-electron chi connectivity index (χ0n) is 13.7. The largest absolute Gasteiger partial charge is 0.313 e. The zero-order valence-corrected chi connectivity index (χ0v) is 15.3. The molecule has 1 nitrogen and oxygen atoms in total. The maximum absolute atomic E-state index is 3.77. The van der Waals surface area contributed by atoms with Gasteiger partial charge in [0.2, 0.25) is 0 Å². The van der Waals surface area contributed by atoms with E-state index in [4.69, 9.17) is 0 Å². The Kier molecular flexibility index (Phi) is 8.20. The third kappa shape index (κ3) is 6.33. The minimum absolute atomic E-state index is 0.653. The van der Waals surface area contributed by atoms with Crippen LogP contribution in [0.4, 0.5) is 0 Å². The summed E-state index contributed by atoms with van der Waals surface area (Å²) in [4.78, 5) is 3.09.